The molecule has 1 fully saturated rings. The summed E-state index contributed by atoms with van der Waals surface area (Å²) in [6, 6.07) is 15.9. The van der Waals surface area contributed by atoms with Gasteiger partial charge in [-0.05, 0) is 44.0 Å². The molecular formula is C25H34N4O2. The number of nitrogens with one attached hydrogen (secondary N) is 1. The standard InChI is InChI=1S/C25H34N4O2/c1-19-9-11-23(12-10-19)26-24(30)18-27(4)25(31)21(3)29-15-13-28(14-16-29)17-22-8-6-5-7-20(22)2/h5-12,21H,13-18H2,1-4H3,(H,26,30)/t21-/m1/s1. The van der Waals surface area contributed by atoms with Gasteiger partial charge in [0.15, 0.2) is 0 Å². The monoisotopic (exact) mass is 422 g/mol. The van der Waals surface area contributed by atoms with E-state index in [0.29, 0.717) is 0 Å². The van der Waals surface area contributed by atoms with Crippen LogP contribution in [-0.4, -0.2) is 72.3 Å². The molecule has 31 heavy (non-hydrogen) atoms. The number of carbonyl (C=O) groups excluding carboxylic acids is 2. The van der Waals surface area contributed by atoms with Crippen LogP contribution in [-0.2, 0) is 16.1 Å². The highest BCUT2D eigenvalue weighted by Crippen LogP contribution is 2.14. The predicted molar refractivity (Wildman–Crippen MR) is 125 cm³/mol. The summed E-state index contributed by atoms with van der Waals surface area (Å²) in [5.41, 5.74) is 4.56. The number of amides is 2. The molecule has 0 aliphatic carbocycles. The quantitative estimate of drug-likeness (QED) is 0.746. The Morgan fingerprint density at radius 3 is 2.29 bits per heavy atom. The van der Waals surface area contributed by atoms with E-state index in [1.165, 1.54) is 16.0 Å². The average Bonchev–Trinajstić information content (AvgIpc) is 2.76. The summed E-state index contributed by atoms with van der Waals surface area (Å²) in [6.07, 6.45) is 0. The first kappa shape index (κ1) is 23.0. The van der Waals surface area contributed by atoms with E-state index in [4.69, 9.17) is 0 Å². The van der Waals surface area contributed by atoms with Crippen molar-refractivity contribution < 1.29 is 9.59 Å². The fourth-order valence-corrected chi connectivity index (χ4v) is 3.94. The van der Waals surface area contributed by atoms with E-state index < -0.39 is 0 Å². The Hall–Kier alpha value is -2.70. The van der Waals surface area contributed by atoms with Gasteiger partial charge in [-0.15, -0.1) is 0 Å². The smallest absolute Gasteiger partial charge is 0.243 e. The summed E-state index contributed by atoms with van der Waals surface area (Å²) in [5, 5.41) is 2.85. The van der Waals surface area contributed by atoms with Gasteiger partial charge < -0.3 is 10.2 Å². The number of likely N-dealkylation sites (N-methyl/N-ethyl adjacent to an activating group) is 1. The second-order valence-electron chi connectivity index (χ2n) is 8.52. The lowest BCUT2D eigenvalue weighted by Gasteiger charge is -2.38. The van der Waals surface area contributed by atoms with Gasteiger partial charge >= 0.3 is 0 Å². The molecule has 0 aromatic heterocycles. The minimum absolute atomic E-state index is 0.0218. The van der Waals surface area contributed by atoms with Crippen LogP contribution in [0, 0.1) is 13.8 Å². The van der Waals surface area contributed by atoms with Crippen LogP contribution in [0.15, 0.2) is 48.5 Å². The number of hydrogen-bond donors (Lipinski definition) is 1. The van der Waals surface area contributed by atoms with E-state index in [-0.39, 0.29) is 24.4 Å². The zero-order valence-corrected chi connectivity index (χ0v) is 19.1. The average molecular weight is 423 g/mol. The minimum atomic E-state index is -0.238. The summed E-state index contributed by atoms with van der Waals surface area (Å²) in [5.74, 6) is -0.207. The van der Waals surface area contributed by atoms with Crippen LogP contribution in [0.3, 0.4) is 0 Å². The highest BCUT2D eigenvalue weighted by atomic mass is 16.2. The molecule has 6 nitrogen and oxygen atoms in total. The van der Waals surface area contributed by atoms with Crippen molar-refractivity contribution in [2.45, 2.75) is 33.4 Å². The van der Waals surface area contributed by atoms with Gasteiger partial charge in [0.05, 0.1) is 12.6 Å². The highest BCUT2D eigenvalue weighted by molar-refractivity contribution is 5.95. The fourth-order valence-electron chi connectivity index (χ4n) is 3.94. The zero-order valence-electron chi connectivity index (χ0n) is 19.1. The van der Waals surface area contributed by atoms with Crippen molar-refractivity contribution in [3.8, 4) is 0 Å². The van der Waals surface area contributed by atoms with Crippen molar-refractivity contribution >= 4 is 17.5 Å². The number of rotatable bonds is 7. The Balaban J connectivity index is 1.45. The van der Waals surface area contributed by atoms with Crippen molar-refractivity contribution in [1.29, 1.82) is 0 Å². The molecule has 1 saturated heterocycles. The number of anilines is 1. The van der Waals surface area contributed by atoms with Gasteiger partial charge in [-0.3, -0.25) is 19.4 Å². The number of hydrogen-bond acceptors (Lipinski definition) is 4. The summed E-state index contributed by atoms with van der Waals surface area (Å²) >= 11 is 0. The van der Waals surface area contributed by atoms with Gasteiger partial charge in [0.25, 0.3) is 0 Å². The van der Waals surface area contributed by atoms with E-state index in [9.17, 15) is 9.59 Å². The molecule has 0 saturated carbocycles. The summed E-state index contributed by atoms with van der Waals surface area (Å²) < 4.78 is 0. The Bertz CT molecular complexity index is 889. The molecule has 2 aromatic rings. The second kappa shape index (κ2) is 10.6. The molecule has 1 aliphatic heterocycles. The second-order valence-corrected chi connectivity index (χ2v) is 8.52. The van der Waals surface area contributed by atoms with Crippen LogP contribution >= 0.6 is 0 Å². The summed E-state index contributed by atoms with van der Waals surface area (Å²) in [7, 11) is 1.70. The van der Waals surface area contributed by atoms with Gasteiger partial charge in [-0.2, -0.15) is 0 Å². The fraction of sp³-hybridized carbons (Fsp3) is 0.440. The third-order valence-electron chi connectivity index (χ3n) is 6.06. The van der Waals surface area contributed by atoms with Gasteiger partial charge in [-0.25, -0.2) is 0 Å². The molecule has 0 spiro atoms. The summed E-state index contributed by atoms with van der Waals surface area (Å²) in [4.78, 5) is 31.4. The Labute approximate surface area is 185 Å². The lowest BCUT2D eigenvalue weighted by atomic mass is 10.1. The number of benzene rings is 2. The third-order valence-corrected chi connectivity index (χ3v) is 6.06. The largest absolute Gasteiger partial charge is 0.335 e. The normalized spacial score (nSPS) is 16.0. The van der Waals surface area contributed by atoms with E-state index in [0.717, 1.165) is 44.0 Å². The first-order valence-corrected chi connectivity index (χ1v) is 11.0. The molecule has 3 rings (SSSR count). The van der Waals surface area contributed by atoms with Gasteiger partial charge in [-0.1, -0.05) is 42.0 Å². The van der Waals surface area contributed by atoms with Gasteiger partial charge in [0.1, 0.15) is 0 Å². The van der Waals surface area contributed by atoms with Gasteiger partial charge in [0, 0.05) is 45.5 Å². The third kappa shape index (κ3) is 6.39. The van der Waals surface area contributed by atoms with Crippen LogP contribution in [0.2, 0.25) is 0 Å². The zero-order chi connectivity index (χ0) is 22.4. The van der Waals surface area contributed by atoms with E-state index in [2.05, 4.69) is 46.3 Å². The highest BCUT2D eigenvalue weighted by Gasteiger charge is 2.28. The molecule has 1 atom stereocenters. The molecular weight excluding hydrogens is 388 g/mol. The first-order chi connectivity index (χ1) is 14.8. The van der Waals surface area contributed by atoms with E-state index in [1.54, 1.807) is 7.05 Å². The number of aryl methyl sites for hydroxylation is 2. The Morgan fingerprint density at radius 2 is 1.65 bits per heavy atom. The van der Waals surface area contributed by atoms with Gasteiger partial charge in [0.2, 0.25) is 11.8 Å². The van der Waals surface area contributed by atoms with E-state index in [1.807, 2.05) is 38.1 Å². The van der Waals surface area contributed by atoms with Crippen molar-refractivity contribution in [1.82, 2.24) is 14.7 Å². The molecule has 0 unspecified atom stereocenters. The number of nitrogens with zero attached hydrogens (tertiary/aromatic N) is 3. The molecule has 6 heteroatoms. The van der Waals surface area contributed by atoms with Crippen LogP contribution < -0.4 is 5.32 Å². The van der Waals surface area contributed by atoms with Crippen LogP contribution in [0.25, 0.3) is 0 Å². The van der Waals surface area contributed by atoms with E-state index >= 15 is 0 Å². The molecule has 1 aliphatic rings. The molecule has 2 amide bonds. The predicted octanol–water partition coefficient (Wildman–Crippen LogP) is 2.91. The maximum absolute atomic E-state index is 12.9. The number of piperazine rings is 1. The van der Waals surface area contributed by atoms with Crippen LogP contribution in [0.4, 0.5) is 5.69 Å². The van der Waals surface area contributed by atoms with Crippen molar-refractivity contribution in [2.24, 2.45) is 0 Å². The molecule has 2 aromatic carbocycles. The topological polar surface area (TPSA) is 55.9 Å². The van der Waals surface area contributed by atoms with Crippen molar-refractivity contribution in [3.63, 3.8) is 0 Å². The Kier molecular flexibility index (Phi) is 7.82. The SMILES string of the molecule is Cc1ccc(NC(=O)CN(C)C(=O)[C@@H](C)N2CCN(Cc3ccccc3C)CC2)cc1. The maximum Gasteiger partial charge on any atom is 0.243 e. The lowest BCUT2D eigenvalue weighted by molar-refractivity contribution is -0.138. The molecule has 0 bridgehead atoms. The lowest BCUT2D eigenvalue weighted by Crippen LogP contribution is -2.54. The minimum Gasteiger partial charge on any atom is -0.335 e. The van der Waals surface area contributed by atoms with Crippen molar-refractivity contribution in [2.75, 3.05) is 45.1 Å². The summed E-state index contributed by atoms with van der Waals surface area (Å²) in [6.45, 7) is 10.6. The Morgan fingerprint density at radius 1 is 1.00 bits per heavy atom. The molecule has 166 valence electrons. The molecule has 0 radical (unpaired) electrons. The first-order valence-electron chi connectivity index (χ1n) is 11.0. The maximum atomic E-state index is 12.9. The van der Waals surface area contributed by atoms with Crippen molar-refractivity contribution in [3.05, 3.63) is 65.2 Å². The van der Waals surface area contributed by atoms with Crippen LogP contribution in [0.5, 0.6) is 0 Å². The molecule has 1 heterocycles. The molecule has 1 N–H and O–H groups in total. The van der Waals surface area contributed by atoms with Crippen LogP contribution in [0.1, 0.15) is 23.6 Å². The number of carbonyl (C=O) groups is 2.